The average molecular weight is 417 g/mol. The molecule has 2 heteroatoms. The van der Waals surface area contributed by atoms with E-state index in [0.717, 1.165) is 17.8 Å². The fourth-order valence-corrected chi connectivity index (χ4v) is 34.1. The Kier molecular flexibility index (Phi) is 7.73. The Morgan fingerprint density at radius 2 is 0.929 bits per heavy atom. The van der Waals surface area contributed by atoms with E-state index in [9.17, 15) is 0 Å². The van der Waals surface area contributed by atoms with Crippen molar-refractivity contribution in [1.82, 2.24) is 0 Å². The molecule has 0 saturated carbocycles. The third-order valence-corrected chi connectivity index (χ3v) is 24.4. The van der Waals surface area contributed by atoms with Crippen LogP contribution in [0.4, 0.5) is 0 Å². The normalized spacial score (nSPS) is 13.3. The molecule has 0 amide bonds. The molecule has 0 nitrogen and oxygen atoms in total. The van der Waals surface area contributed by atoms with Gasteiger partial charge in [0.1, 0.15) is 0 Å². The molecule has 0 aliphatic carbocycles. The van der Waals surface area contributed by atoms with Crippen LogP contribution in [-0.2, 0) is 0 Å². The summed E-state index contributed by atoms with van der Waals surface area (Å²) >= 11 is 1.19. The van der Waals surface area contributed by atoms with Crippen molar-refractivity contribution in [3.63, 3.8) is 0 Å². The van der Waals surface area contributed by atoms with Crippen molar-refractivity contribution in [1.29, 1.82) is 0 Å². The molecule has 0 spiro atoms. The van der Waals surface area contributed by atoms with E-state index in [1.807, 2.05) is 0 Å². The molecule has 14 heavy (non-hydrogen) atoms. The van der Waals surface area contributed by atoms with Crippen LogP contribution in [0.25, 0.3) is 0 Å². The van der Waals surface area contributed by atoms with Crippen LogP contribution >= 0.6 is 18.6 Å². The summed E-state index contributed by atoms with van der Waals surface area (Å²) < 4.78 is 4.72. The van der Waals surface area contributed by atoms with Gasteiger partial charge in [0, 0.05) is 0 Å². The van der Waals surface area contributed by atoms with Gasteiger partial charge in [-0.2, -0.15) is 0 Å². The quantitative estimate of drug-likeness (QED) is 0.405. The van der Waals surface area contributed by atoms with Crippen LogP contribution in [0.5, 0.6) is 0 Å². The van der Waals surface area contributed by atoms with Gasteiger partial charge in [0.25, 0.3) is 0 Å². The fourth-order valence-electron chi connectivity index (χ4n) is 2.44. The summed E-state index contributed by atoms with van der Waals surface area (Å²) in [5.74, 6) is 2.75. The summed E-state index contributed by atoms with van der Waals surface area (Å²) in [5, 5.41) is 0. The second-order valence-corrected chi connectivity index (χ2v) is 31.4. The average Bonchev–Trinajstić information content (AvgIpc) is 1.76. The van der Waals surface area contributed by atoms with Gasteiger partial charge in [0.2, 0.25) is 0 Å². The van der Waals surface area contributed by atoms with Crippen molar-refractivity contribution in [2.45, 2.75) is 54.9 Å². The zero-order valence-electron chi connectivity index (χ0n) is 10.7. The van der Waals surface area contributed by atoms with Gasteiger partial charge in [-0.25, -0.2) is 0 Å². The Hall–Kier alpha value is 1.53. The van der Waals surface area contributed by atoms with Crippen molar-refractivity contribution in [2.75, 3.05) is 0 Å². The van der Waals surface area contributed by atoms with Crippen molar-refractivity contribution >= 4 is 33.0 Å². The van der Waals surface area contributed by atoms with Crippen LogP contribution in [0.2, 0.25) is 13.3 Å². The van der Waals surface area contributed by atoms with Gasteiger partial charge in [-0.15, -0.1) is 0 Å². The molecule has 0 radical (unpaired) electrons. The molecule has 0 atom stereocenters. The Labute approximate surface area is 105 Å². The molecule has 0 heterocycles. The first kappa shape index (κ1) is 15.5. The van der Waals surface area contributed by atoms with E-state index >= 15 is 0 Å². The van der Waals surface area contributed by atoms with Crippen LogP contribution in [0.1, 0.15) is 41.5 Å². The van der Waals surface area contributed by atoms with Crippen molar-refractivity contribution in [2.24, 2.45) is 17.8 Å². The van der Waals surface area contributed by atoms with Gasteiger partial charge >= 0.3 is 106 Å². The molecule has 0 fully saturated rings. The van der Waals surface area contributed by atoms with Gasteiger partial charge < -0.3 is 0 Å². The molecule has 86 valence electrons. The zero-order valence-corrected chi connectivity index (χ0v) is 15.7. The van der Waals surface area contributed by atoms with Gasteiger partial charge in [0.15, 0.2) is 0 Å². The van der Waals surface area contributed by atoms with E-state index in [4.69, 9.17) is 0 Å². The van der Waals surface area contributed by atoms with Crippen molar-refractivity contribution in [3.8, 4) is 0 Å². The number of hydrogen-bond donors (Lipinski definition) is 0. The summed E-state index contributed by atoms with van der Waals surface area (Å²) in [4.78, 5) is 0. The van der Waals surface area contributed by atoms with Crippen LogP contribution in [-0.4, -0.2) is 14.4 Å². The van der Waals surface area contributed by atoms with Gasteiger partial charge in [0.05, 0.1) is 0 Å². The van der Waals surface area contributed by atoms with E-state index in [2.05, 4.69) is 60.2 Å². The van der Waals surface area contributed by atoms with E-state index in [1.165, 1.54) is 0 Å². The van der Waals surface area contributed by atoms with Crippen LogP contribution in [0, 0.1) is 17.8 Å². The van der Waals surface area contributed by atoms with Gasteiger partial charge in [-0.05, 0) is 0 Å². The first-order chi connectivity index (χ1) is 6.25. The Balaban J connectivity index is 4.32. The molecule has 0 bridgehead atoms. The SMILES string of the molecule is CC(C)[CH2][Sn]([I])([CH2]C(C)C)[CH2]C(C)C. The molecule has 0 aliphatic rings. The van der Waals surface area contributed by atoms with Gasteiger partial charge in [-0.1, -0.05) is 0 Å². The molecule has 0 aliphatic heterocycles. The molecule has 0 aromatic heterocycles. The number of rotatable bonds is 6. The standard InChI is InChI=1S/3C4H9.HI.Sn/c3*1-4(2)3;;/h3*4H,1H2,2-3H3;1H;/q;;;;+1/p-1. The molecular weight excluding hydrogens is 390 g/mol. The predicted octanol–water partition coefficient (Wildman–Crippen LogP) is 5.33. The molecule has 0 aromatic carbocycles. The minimum atomic E-state index is -1.74. The molecule has 0 N–H and O–H groups in total. The maximum absolute atomic E-state index is 2.93. The molecule has 0 aromatic rings. The van der Waals surface area contributed by atoms with E-state index in [0.29, 0.717) is 0 Å². The third kappa shape index (κ3) is 7.77. The Bertz CT molecular complexity index is 126. The van der Waals surface area contributed by atoms with Crippen LogP contribution in [0.15, 0.2) is 0 Å². The molecule has 0 unspecified atom stereocenters. The summed E-state index contributed by atoms with van der Waals surface area (Å²) in [6.45, 7) is 14.4. The number of hydrogen-bond acceptors (Lipinski definition) is 0. The Morgan fingerprint density at radius 3 is 1.07 bits per heavy atom. The van der Waals surface area contributed by atoms with Gasteiger partial charge in [-0.3, -0.25) is 0 Å². The predicted molar refractivity (Wildman–Crippen MR) is 78.7 cm³/mol. The first-order valence-corrected chi connectivity index (χ1v) is 20.3. The van der Waals surface area contributed by atoms with Crippen LogP contribution < -0.4 is 0 Å². The Morgan fingerprint density at radius 1 is 0.714 bits per heavy atom. The van der Waals surface area contributed by atoms with Crippen molar-refractivity contribution in [3.05, 3.63) is 0 Å². The summed E-state index contributed by atoms with van der Waals surface area (Å²) in [6.07, 6.45) is 0. The van der Waals surface area contributed by atoms with E-state index in [-0.39, 0.29) is 0 Å². The second-order valence-electron chi connectivity index (χ2n) is 5.94. The molecule has 0 rings (SSSR count). The van der Waals surface area contributed by atoms with E-state index < -0.39 is 14.4 Å². The first-order valence-electron chi connectivity index (χ1n) is 5.94. The summed E-state index contributed by atoms with van der Waals surface area (Å²) in [7, 11) is 0. The maximum atomic E-state index is 2.93. The molecule has 0 saturated heterocycles. The van der Waals surface area contributed by atoms with Crippen molar-refractivity contribution < 1.29 is 0 Å². The zero-order chi connectivity index (χ0) is 11.4. The van der Waals surface area contributed by atoms with Crippen LogP contribution in [0.3, 0.4) is 0 Å². The monoisotopic (exact) mass is 418 g/mol. The second kappa shape index (κ2) is 6.97. The van der Waals surface area contributed by atoms with E-state index in [1.54, 1.807) is 13.3 Å². The summed E-state index contributed by atoms with van der Waals surface area (Å²) in [6, 6.07) is 0. The summed E-state index contributed by atoms with van der Waals surface area (Å²) in [5.41, 5.74) is 0. The molecular formula is C12H27ISn. The minimum absolute atomic E-state index is 0.917. The fraction of sp³-hybridized carbons (Fsp3) is 1.00. The topological polar surface area (TPSA) is 0 Å². The number of halogens is 1. The third-order valence-electron chi connectivity index (χ3n) is 2.32.